The molecule has 5 aliphatic carbocycles. The van der Waals surface area contributed by atoms with Crippen molar-refractivity contribution in [2.75, 3.05) is 13.1 Å². The average Bonchev–Trinajstić information content (AvgIpc) is 3.67. The largest absolute Gasteiger partial charge is 0.481 e. The summed E-state index contributed by atoms with van der Waals surface area (Å²) in [5.41, 5.74) is -0.652. The molecular formula is C46H72N2O8. The number of ketones is 1. The number of likely N-dealkylation sites (tertiary alicyclic amines) is 1. The Balaban J connectivity index is 1.27. The van der Waals surface area contributed by atoms with Gasteiger partial charge in [-0.3, -0.25) is 19.2 Å². The molecule has 56 heavy (non-hydrogen) atoms. The van der Waals surface area contributed by atoms with Gasteiger partial charge in [0.1, 0.15) is 17.5 Å². The fourth-order valence-electron chi connectivity index (χ4n) is 13.6. The second-order valence-electron chi connectivity index (χ2n) is 22.2. The number of hydrogen-bond acceptors (Lipinski definition) is 7. The number of nitrogens with one attached hydrogen (secondary N) is 1. The van der Waals surface area contributed by atoms with E-state index in [4.69, 9.17) is 9.47 Å². The topological polar surface area (TPSA) is 139 Å². The van der Waals surface area contributed by atoms with Gasteiger partial charge in [-0.2, -0.15) is 0 Å². The maximum absolute atomic E-state index is 14.7. The molecule has 4 saturated carbocycles. The Morgan fingerprint density at radius 1 is 0.911 bits per heavy atom. The maximum atomic E-state index is 14.7. The smallest absolute Gasteiger partial charge is 0.410 e. The van der Waals surface area contributed by atoms with Crippen LogP contribution in [0.15, 0.2) is 11.1 Å². The van der Waals surface area contributed by atoms with Crippen molar-refractivity contribution < 1.29 is 38.6 Å². The van der Waals surface area contributed by atoms with Crippen LogP contribution >= 0.6 is 0 Å². The minimum absolute atomic E-state index is 0.00903. The number of esters is 1. The fraction of sp³-hybridized carbons (Fsp3) is 0.848. The van der Waals surface area contributed by atoms with Crippen LogP contribution in [0.5, 0.6) is 0 Å². The highest BCUT2D eigenvalue weighted by molar-refractivity contribution is 6.00. The predicted octanol–water partition coefficient (Wildman–Crippen LogP) is 8.90. The van der Waals surface area contributed by atoms with Gasteiger partial charge in [-0.25, -0.2) is 4.79 Å². The van der Waals surface area contributed by atoms with Crippen LogP contribution in [0.25, 0.3) is 0 Å². The molecule has 6 aliphatic rings. The summed E-state index contributed by atoms with van der Waals surface area (Å²) in [7, 11) is 0. The number of aliphatic carboxylic acids is 1. The molecule has 1 saturated heterocycles. The molecule has 2 amide bonds. The van der Waals surface area contributed by atoms with E-state index in [0.717, 1.165) is 63.4 Å². The van der Waals surface area contributed by atoms with E-state index in [1.54, 1.807) is 18.7 Å². The number of nitrogens with zero attached hydrogens (tertiary/aromatic N) is 1. The number of carboxylic acids is 1. The third-order valence-electron chi connectivity index (χ3n) is 16.7. The molecule has 2 N–H and O–H groups in total. The van der Waals surface area contributed by atoms with E-state index in [2.05, 4.69) is 53.8 Å². The molecule has 9 atom stereocenters. The zero-order valence-corrected chi connectivity index (χ0v) is 36.6. The number of fused-ring (bicyclic) bond motifs is 6. The van der Waals surface area contributed by atoms with Crippen LogP contribution in [0.4, 0.5) is 4.79 Å². The first-order valence-electron chi connectivity index (χ1n) is 21.7. The van der Waals surface area contributed by atoms with Crippen molar-refractivity contribution in [3.05, 3.63) is 11.1 Å². The van der Waals surface area contributed by atoms with E-state index in [1.807, 2.05) is 20.8 Å². The highest BCUT2D eigenvalue weighted by Crippen LogP contribution is 2.76. The van der Waals surface area contributed by atoms with Crippen molar-refractivity contribution in [1.82, 2.24) is 10.2 Å². The van der Waals surface area contributed by atoms with Crippen molar-refractivity contribution in [2.45, 2.75) is 178 Å². The Labute approximate surface area is 336 Å². The van der Waals surface area contributed by atoms with Crippen LogP contribution in [0, 0.1) is 56.2 Å². The summed E-state index contributed by atoms with van der Waals surface area (Å²) < 4.78 is 11.9. The van der Waals surface area contributed by atoms with Gasteiger partial charge in [0.05, 0.1) is 23.3 Å². The van der Waals surface area contributed by atoms with E-state index in [1.165, 1.54) is 5.57 Å². The molecule has 10 nitrogen and oxygen atoms in total. The van der Waals surface area contributed by atoms with Gasteiger partial charge in [-0.15, -0.1) is 0 Å². The average molecular weight is 781 g/mol. The zero-order valence-electron chi connectivity index (χ0n) is 36.6. The number of hydrogen-bond donors (Lipinski definition) is 2. The van der Waals surface area contributed by atoms with Gasteiger partial charge in [0.2, 0.25) is 5.91 Å². The normalized spacial score (nSPS) is 38.0. The van der Waals surface area contributed by atoms with Gasteiger partial charge in [0, 0.05) is 30.8 Å². The quantitative estimate of drug-likeness (QED) is 0.184. The first kappa shape index (κ1) is 42.7. The van der Waals surface area contributed by atoms with Crippen LogP contribution in [0.1, 0.15) is 160 Å². The number of carboxylic acid groups (broad SMARTS) is 1. The van der Waals surface area contributed by atoms with Crippen molar-refractivity contribution in [3.63, 3.8) is 0 Å². The number of Topliss-reactive ketones (excluding diaryl/α,β-unsaturated/α-hetero) is 1. The summed E-state index contributed by atoms with van der Waals surface area (Å²) in [5, 5.41) is 12.9. The van der Waals surface area contributed by atoms with Crippen LogP contribution in [-0.2, 0) is 28.7 Å². The predicted molar refractivity (Wildman–Crippen MR) is 214 cm³/mol. The highest BCUT2D eigenvalue weighted by atomic mass is 16.6. The second kappa shape index (κ2) is 14.1. The Hall–Kier alpha value is -2.91. The minimum atomic E-state index is -1.18. The monoisotopic (exact) mass is 781 g/mol. The summed E-state index contributed by atoms with van der Waals surface area (Å²) in [4.78, 5) is 68.6. The second-order valence-corrected chi connectivity index (χ2v) is 22.2. The van der Waals surface area contributed by atoms with Crippen molar-refractivity contribution in [2.24, 2.45) is 56.2 Å². The number of ether oxygens (including phenoxy) is 2. The van der Waals surface area contributed by atoms with E-state index >= 15 is 0 Å². The molecule has 314 valence electrons. The van der Waals surface area contributed by atoms with Crippen LogP contribution < -0.4 is 5.32 Å². The Morgan fingerprint density at radius 2 is 1.59 bits per heavy atom. The molecule has 0 aromatic rings. The van der Waals surface area contributed by atoms with Gasteiger partial charge in [0.25, 0.3) is 0 Å². The fourth-order valence-corrected chi connectivity index (χ4v) is 13.6. The number of amides is 2. The van der Waals surface area contributed by atoms with Crippen LogP contribution in [-0.4, -0.2) is 70.6 Å². The maximum Gasteiger partial charge on any atom is 0.410 e. The van der Waals surface area contributed by atoms with Gasteiger partial charge < -0.3 is 24.8 Å². The van der Waals surface area contributed by atoms with Crippen molar-refractivity contribution in [1.29, 1.82) is 0 Å². The first-order chi connectivity index (χ1) is 25.7. The van der Waals surface area contributed by atoms with Gasteiger partial charge in [-0.1, -0.05) is 54.0 Å². The molecule has 0 aromatic carbocycles. The van der Waals surface area contributed by atoms with Crippen LogP contribution in [0.2, 0.25) is 0 Å². The molecule has 0 spiro atoms. The zero-order chi connectivity index (χ0) is 41.6. The summed E-state index contributed by atoms with van der Waals surface area (Å²) in [6, 6.07) is -0.141. The Bertz CT molecular complexity index is 1670. The lowest BCUT2D eigenvalue weighted by molar-refractivity contribution is -0.214. The van der Waals surface area contributed by atoms with Crippen molar-refractivity contribution in [3.8, 4) is 0 Å². The molecule has 1 aliphatic heterocycles. The molecule has 1 heterocycles. The van der Waals surface area contributed by atoms with Gasteiger partial charge in [-0.05, 0) is 138 Å². The number of allylic oxidation sites excluding steroid dienone is 1. The van der Waals surface area contributed by atoms with E-state index in [-0.39, 0.29) is 76.3 Å². The Morgan fingerprint density at radius 3 is 2.21 bits per heavy atom. The van der Waals surface area contributed by atoms with E-state index < -0.39 is 28.4 Å². The number of carbonyl (C=O) groups excluding carboxylic acids is 4. The molecule has 0 bridgehead atoms. The summed E-state index contributed by atoms with van der Waals surface area (Å²) in [5.74, 6) is -0.769. The van der Waals surface area contributed by atoms with Gasteiger partial charge >= 0.3 is 18.0 Å². The van der Waals surface area contributed by atoms with E-state index in [0.29, 0.717) is 31.3 Å². The standard InChI is InChI=1S/C46H72N2O8/c1-27(2)35-30(49)24-46(37(51)47-26-28-14-13-23-48(28)39(54)56-40(3,4)5)22-21-44(11)29(36(35)46)15-16-32-43(10)19-18-33(55-34(50)25-41(6,7)38(52)53)42(8,9)31(43)17-20-45(32,44)12/h27-28,31-33,35H,13-26H2,1-12H3,(H,47,51)(H,52,53)/t28-,31?,32?,33-,35?,43-,44+,45+,46+/m0/s1. The third kappa shape index (κ3) is 6.72. The first-order valence-corrected chi connectivity index (χ1v) is 21.7. The number of rotatable bonds is 8. The molecule has 6 rings (SSSR count). The molecule has 5 fully saturated rings. The lowest BCUT2D eigenvalue weighted by atomic mass is 9.34. The molecule has 10 heteroatoms. The summed E-state index contributed by atoms with van der Waals surface area (Å²) >= 11 is 0. The Kier molecular flexibility index (Phi) is 10.8. The third-order valence-corrected chi connectivity index (χ3v) is 16.7. The van der Waals surface area contributed by atoms with Crippen LogP contribution in [0.3, 0.4) is 0 Å². The molecule has 0 radical (unpaired) electrons. The minimum Gasteiger partial charge on any atom is -0.481 e. The van der Waals surface area contributed by atoms with Crippen molar-refractivity contribution >= 4 is 29.7 Å². The SMILES string of the molecule is CC(C)C1C(=O)C[C@]2(C(=O)NC[C@@H]3CCCN3C(=O)OC(C)(C)C)CC[C@]3(C)C(=C12)CCC1[C@@]2(C)CC[C@H](OC(=O)CC(C)(C)C(=O)O)C(C)(C)C2CC[C@]13C. The lowest BCUT2D eigenvalue weighted by Crippen LogP contribution is -2.64. The molecule has 3 unspecified atom stereocenters. The summed E-state index contributed by atoms with van der Waals surface area (Å²) in [6.07, 6.45) is 8.19. The highest BCUT2D eigenvalue weighted by Gasteiger charge is 2.70. The van der Waals surface area contributed by atoms with Gasteiger partial charge in [0.15, 0.2) is 0 Å². The summed E-state index contributed by atoms with van der Waals surface area (Å²) in [6.45, 7) is 25.9. The van der Waals surface area contributed by atoms with E-state index in [9.17, 15) is 29.1 Å². The molecular weight excluding hydrogens is 709 g/mol. The lowest BCUT2D eigenvalue weighted by Gasteiger charge is -2.70. The molecule has 0 aromatic heterocycles. The number of carbonyl (C=O) groups is 5.